The van der Waals surface area contributed by atoms with Gasteiger partial charge in [0.2, 0.25) is 0 Å². The van der Waals surface area contributed by atoms with Crippen LogP contribution in [0.1, 0.15) is 12.5 Å². The average Bonchev–Trinajstić information content (AvgIpc) is 2.36. The van der Waals surface area contributed by atoms with Crippen LogP contribution in [0.2, 0.25) is 0 Å². The number of ether oxygens (including phenoxy) is 1. The maximum absolute atomic E-state index is 10.7. The van der Waals surface area contributed by atoms with Crippen molar-refractivity contribution < 1.29 is 9.53 Å². The first-order valence-corrected chi connectivity index (χ1v) is 7.06. The minimum absolute atomic E-state index is 0.0962. The zero-order chi connectivity index (χ0) is 14.1. The number of hydrogen-bond donors (Lipinski definition) is 0. The van der Waals surface area contributed by atoms with E-state index in [1.54, 1.807) is 6.92 Å². The lowest BCUT2D eigenvalue weighted by atomic mass is 10.2. The molecule has 0 aromatic heterocycles. The highest BCUT2D eigenvalue weighted by molar-refractivity contribution is 8.13. The molecule has 19 heavy (non-hydrogen) atoms. The number of rotatable bonds is 5. The molecule has 0 saturated heterocycles. The highest BCUT2D eigenvalue weighted by atomic mass is 32.2. The molecule has 0 bridgehead atoms. The summed E-state index contributed by atoms with van der Waals surface area (Å²) in [5.74, 6) is 7.36. The van der Waals surface area contributed by atoms with Crippen LogP contribution in [0.25, 0.3) is 0 Å². The van der Waals surface area contributed by atoms with E-state index in [-0.39, 0.29) is 5.12 Å². The minimum Gasteiger partial charge on any atom is -0.492 e. The largest absolute Gasteiger partial charge is 0.492 e. The van der Waals surface area contributed by atoms with Crippen LogP contribution in [0.4, 0.5) is 0 Å². The van der Waals surface area contributed by atoms with E-state index in [1.165, 1.54) is 11.8 Å². The fourth-order valence-corrected chi connectivity index (χ4v) is 1.60. The molecule has 1 rings (SSSR count). The molecule has 1 aromatic carbocycles. The summed E-state index contributed by atoms with van der Waals surface area (Å²) in [5, 5.41) is 0.0962. The first-order valence-electron chi connectivity index (χ1n) is 6.08. The molecule has 0 aliphatic rings. The van der Waals surface area contributed by atoms with Crippen LogP contribution in [-0.4, -0.2) is 43.0 Å². The van der Waals surface area contributed by atoms with Gasteiger partial charge in [-0.3, -0.25) is 4.79 Å². The van der Waals surface area contributed by atoms with Gasteiger partial charge in [0.15, 0.2) is 5.12 Å². The van der Waals surface area contributed by atoms with E-state index in [0.29, 0.717) is 12.4 Å². The van der Waals surface area contributed by atoms with Gasteiger partial charge in [-0.1, -0.05) is 23.6 Å². The number of likely N-dealkylation sites (N-methyl/N-ethyl adjacent to an activating group) is 1. The Morgan fingerprint density at radius 1 is 1.32 bits per heavy atom. The predicted octanol–water partition coefficient (Wildman–Crippen LogP) is 2.26. The van der Waals surface area contributed by atoms with E-state index in [9.17, 15) is 4.79 Å². The maximum Gasteiger partial charge on any atom is 0.186 e. The zero-order valence-corrected chi connectivity index (χ0v) is 12.4. The summed E-state index contributed by atoms with van der Waals surface area (Å²) < 4.78 is 5.59. The Hall–Kier alpha value is -1.44. The molecule has 0 unspecified atom stereocenters. The van der Waals surface area contributed by atoms with E-state index >= 15 is 0 Å². The van der Waals surface area contributed by atoms with E-state index < -0.39 is 0 Å². The van der Waals surface area contributed by atoms with Gasteiger partial charge in [-0.2, -0.15) is 0 Å². The van der Waals surface area contributed by atoms with Crippen molar-refractivity contribution >= 4 is 16.9 Å². The van der Waals surface area contributed by atoms with E-state index in [0.717, 1.165) is 17.9 Å². The van der Waals surface area contributed by atoms with Crippen molar-refractivity contribution in [2.45, 2.75) is 6.92 Å². The molecular weight excluding hydrogens is 258 g/mol. The molecule has 0 fully saturated rings. The van der Waals surface area contributed by atoms with Gasteiger partial charge in [0.1, 0.15) is 12.4 Å². The SMILES string of the molecule is CC(=O)SCC#Cc1ccc(OCCN(C)C)cc1. The zero-order valence-electron chi connectivity index (χ0n) is 11.6. The van der Waals surface area contributed by atoms with Gasteiger partial charge >= 0.3 is 0 Å². The van der Waals surface area contributed by atoms with Crippen LogP contribution in [-0.2, 0) is 4.79 Å². The Morgan fingerprint density at radius 2 is 2.00 bits per heavy atom. The number of thioether (sulfide) groups is 1. The van der Waals surface area contributed by atoms with Crippen molar-refractivity contribution in [2.24, 2.45) is 0 Å². The van der Waals surface area contributed by atoms with E-state index in [4.69, 9.17) is 4.74 Å². The van der Waals surface area contributed by atoms with Crippen LogP contribution in [0.3, 0.4) is 0 Å². The number of nitrogens with zero attached hydrogens (tertiary/aromatic N) is 1. The standard InChI is InChI=1S/C15H19NO2S/c1-13(17)19-12-4-5-14-6-8-15(9-7-14)18-11-10-16(2)3/h6-9H,10-12H2,1-3H3. The van der Waals surface area contributed by atoms with Gasteiger partial charge in [-0.25, -0.2) is 0 Å². The van der Waals surface area contributed by atoms with Crippen molar-refractivity contribution in [2.75, 3.05) is 33.0 Å². The van der Waals surface area contributed by atoms with Gasteiger partial charge in [0.05, 0.1) is 5.75 Å². The Morgan fingerprint density at radius 3 is 2.58 bits per heavy atom. The smallest absolute Gasteiger partial charge is 0.186 e. The van der Waals surface area contributed by atoms with Gasteiger partial charge in [-0.15, -0.1) is 0 Å². The quantitative estimate of drug-likeness (QED) is 0.772. The van der Waals surface area contributed by atoms with Crippen molar-refractivity contribution in [3.8, 4) is 17.6 Å². The summed E-state index contributed by atoms with van der Waals surface area (Å²) in [6.07, 6.45) is 0. The molecule has 4 heteroatoms. The van der Waals surface area contributed by atoms with Gasteiger partial charge in [-0.05, 0) is 38.4 Å². The Bertz CT molecular complexity index is 457. The highest BCUT2D eigenvalue weighted by Crippen LogP contribution is 2.11. The van der Waals surface area contributed by atoms with E-state index in [2.05, 4.69) is 16.7 Å². The lowest BCUT2D eigenvalue weighted by Gasteiger charge is -2.10. The van der Waals surface area contributed by atoms with Crippen molar-refractivity contribution in [3.05, 3.63) is 29.8 Å². The molecule has 3 nitrogen and oxygen atoms in total. The number of carbonyl (C=O) groups is 1. The van der Waals surface area contributed by atoms with Crippen LogP contribution in [0, 0.1) is 11.8 Å². The molecule has 0 aliphatic heterocycles. The fourth-order valence-electron chi connectivity index (χ4n) is 1.26. The molecule has 0 N–H and O–H groups in total. The number of hydrogen-bond acceptors (Lipinski definition) is 4. The molecule has 0 saturated carbocycles. The topological polar surface area (TPSA) is 29.5 Å². The number of carbonyl (C=O) groups excluding carboxylic acids is 1. The summed E-state index contributed by atoms with van der Waals surface area (Å²) in [7, 11) is 4.03. The Labute approximate surface area is 119 Å². The third-order valence-corrected chi connectivity index (χ3v) is 2.94. The summed E-state index contributed by atoms with van der Waals surface area (Å²) in [6, 6.07) is 7.68. The lowest BCUT2D eigenvalue weighted by molar-refractivity contribution is -0.109. The second-order valence-corrected chi connectivity index (χ2v) is 5.41. The molecule has 0 atom stereocenters. The van der Waals surface area contributed by atoms with Crippen LogP contribution in [0.15, 0.2) is 24.3 Å². The van der Waals surface area contributed by atoms with Gasteiger partial charge in [0, 0.05) is 19.0 Å². The molecule has 0 amide bonds. The van der Waals surface area contributed by atoms with Gasteiger partial charge < -0.3 is 9.64 Å². The van der Waals surface area contributed by atoms with Crippen LogP contribution in [0.5, 0.6) is 5.75 Å². The first kappa shape index (κ1) is 15.6. The molecule has 0 radical (unpaired) electrons. The Balaban J connectivity index is 2.40. The van der Waals surface area contributed by atoms with Crippen molar-refractivity contribution in [3.63, 3.8) is 0 Å². The summed E-state index contributed by atoms with van der Waals surface area (Å²) >= 11 is 1.23. The monoisotopic (exact) mass is 277 g/mol. The second kappa shape index (κ2) is 8.63. The minimum atomic E-state index is 0.0962. The molecular formula is C15H19NO2S. The predicted molar refractivity (Wildman–Crippen MR) is 80.5 cm³/mol. The molecule has 0 heterocycles. The van der Waals surface area contributed by atoms with Crippen molar-refractivity contribution in [1.29, 1.82) is 0 Å². The normalized spacial score (nSPS) is 9.89. The summed E-state index contributed by atoms with van der Waals surface area (Å²) in [6.45, 7) is 3.11. The second-order valence-electron chi connectivity index (χ2n) is 4.26. The molecule has 0 spiro atoms. The summed E-state index contributed by atoms with van der Waals surface area (Å²) in [5.41, 5.74) is 0.934. The molecule has 0 aliphatic carbocycles. The lowest BCUT2D eigenvalue weighted by Crippen LogP contribution is -2.19. The first-order chi connectivity index (χ1) is 9.08. The maximum atomic E-state index is 10.7. The van der Waals surface area contributed by atoms with Gasteiger partial charge in [0.25, 0.3) is 0 Å². The van der Waals surface area contributed by atoms with Crippen LogP contribution < -0.4 is 4.74 Å². The number of benzene rings is 1. The average molecular weight is 277 g/mol. The van der Waals surface area contributed by atoms with E-state index in [1.807, 2.05) is 38.4 Å². The molecule has 1 aromatic rings. The summed E-state index contributed by atoms with van der Waals surface area (Å²) in [4.78, 5) is 12.8. The highest BCUT2D eigenvalue weighted by Gasteiger charge is 1.95. The van der Waals surface area contributed by atoms with Crippen LogP contribution >= 0.6 is 11.8 Å². The fraction of sp³-hybridized carbons (Fsp3) is 0.400. The molecule has 102 valence electrons. The Kier molecular flexibility index (Phi) is 7.09. The third kappa shape index (κ3) is 7.55. The van der Waals surface area contributed by atoms with Crippen molar-refractivity contribution in [1.82, 2.24) is 4.90 Å². The third-order valence-electron chi connectivity index (χ3n) is 2.24.